The molecule has 0 spiro atoms. The van der Waals surface area contributed by atoms with Crippen LogP contribution in [-0.2, 0) is 4.79 Å². The molecule has 2 aromatic rings. The van der Waals surface area contributed by atoms with E-state index in [1.54, 1.807) is 12.5 Å². The van der Waals surface area contributed by atoms with Crippen LogP contribution in [0, 0.1) is 11.3 Å². The summed E-state index contributed by atoms with van der Waals surface area (Å²) in [6, 6.07) is 4.07. The van der Waals surface area contributed by atoms with Gasteiger partial charge < -0.3 is 0 Å². The molecular formula is C14H14AsN6O2S. The fourth-order valence-electron chi connectivity index (χ4n) is 2.36. The van der Waals surface area contributed by atoms with Crippen LogP contribution in [-0.4, -0.2) is 79.4 Å². The molecule has 0 aromatic carbocycles. The molecule has 1 aliphatic heterocycles. The van der Waals surface area contributed by atoms with Gasteiger partial charge in [-0.05, 0) is 0 Å². The average Bonchev–Trinajstić information content (AvgIpc) is 3.03. The Balaban J connectivity index is 1.63. The van der Waals surface area contributed by atoms with Gasteiger partial charge in [0, 0.05) is 0 Å². The molecular weight excluding hydrogens is 391 g/mol. The van der Waals surface area contributed by atoms with Crippen molar-refractivity contribution in [2.24, 2.45) is 0 Å². The molecule has 0 aliphatic carbocycles. The number of carboxylic acids is 1. The number of piperazine rings is 1. The second-order valence-corrected chi connectivity index (χ2v) is 9.13. The number of aliphatic carboxylic acids is 1. The number of carbonyl (C=O) groups is 1. The summed E-state index contributed by atoms with van der Waals surface area (Å²) in [5.74, 6) is 0.0689. The third-order valence-corrected chi connectivity index (χ3v) is 6.90. The molecule has 10 heteroatoms. The van der Waals surface area contributed by atoms with Crippen molar-refractivity contribution in [1.29, 1.82) is 5.26 Å². The Morgan fingerprint density at radius 2 is 2.12 bits per heavy atom. The van der Waals surface area contributed by atoms with Crippen molar-refractivity contribution >= 4 is 47.2 Å². The van der Waals surface area contributed by atoms with E-state index in [0.717, 1.165) is 27.2 Å². The maximum absolute atomic E-state index is 10.8. The number of hydrogen-bond donors (Lipinski definition) is 1. The van der Waals surface area contributed by atoms with Gasteiger partial charge in [-0.15, -0.1) is 0 Å². The van der Waals surface area contributed by atoms with Crippen LogP contribution in [0.2, 0.25) is 0 Å². The van der Waals surface area contributed by atoms with Crippen molar-refractivity contribution < 1.29 is 9.90 Å². The first kappa shape index (κ1) is 16.8. The summed E-state index contributed by atoms with van der Waals surface area (Å²) in [4.78, 5) is 28.4. The number of nitriles is 1. The van der Waals surface area contributed by atoms with E-state index in [1.807, 2.05) is 11.0 Å². The van der Waals surface area contributed by atoms with Crippen molar-refractivity contribution in [1.82, 2.24) is 19.9 Å². The molecule has 24 heavy (non-hydrogen) atoms. The van der Waals surface area contributed by atoms with Crippen LogP contribution in [0.25, 0.3) is 0 Å². The van der Waals surface area contributed by atoms with E-state index >= 15 is 0 Å². The van der Waals surface area contributed by atoms with E-state index in [-0.39, 0.29) is 22.3 Å². The first-order valence-corrected chi connectivity index (χ1v) is 9.92. The SMILES string of the molecule is N#Cc1cnc([As]c2cc(N3CCN(CC(=O)O)CC3)ncn2)s1. The molecule has 1 radical (unpaired) electrons. The normalized spacial score (nSPS) is 15.7. The van der Waals surface area contributed by atoms with Crippen LogP contribution < -0.4 is 13.2 Å². The summed E-state index contributed by atoms with van der Waals surface area (Å²) in [5.41, 5.74) is 0. The Labute approximate surface area is 149 Å². The Kier molecular flexibility index (Phi) is 5.40. The molecule has 0 saturated carbocycles. The Bertz CT molecular complexity index is 769. The van der Waals surface area contributed by atoms with Gasteiger partial charge in [0.25, 0.3) is 0 Å². The zero-order valence-corrected chi connectivity index (χ0v) is 15.4. The van der Waals surface area contributed by atoms with Crippen molar-refractivity contribution in [3.05, 3.63) is 23.5 Å². The van der Waals surface area contributed by atoms with Crippen molar-refractivity contribution in [3.8, 4) is 6.07 Å². The second kappa shape index (κ2) is 7.71. The first-order chi connectivity index (χ1) is 11.6. The van der Waals surface area contributed by atoms with Crippen LogP contribution in [0.3, 0.4) is 0 Å². The third kappa shape index (κ3) is 4.29. The van der Waals surface area contributed by atoms with E-state index in [2.05, 4.69) is 25.9 Å². The van der Waals surface area contributed by atoms with Gasteiger partial charge in [0.2, 0.25) is 0 Å². The van der Waals surface area contributed by atoms with Gasteiger partial charge >= 0.3 is 149 Å². The predicted octanol–water partition coefficient (Wildman–Crippen LogP) is -1.33. The number of aromatic nitrogens is 3. The standard InChI is InChI=1S/C14H14AsN6O2S/c16-6-10-7-17-14(24-10)15-11-5-12(19-9-18-11)21-3-1-20(2-4-21)8-13(22)23/h5,7,9H,1-4,8H2,(H,22,23). The maximum atomic E-state index is 10.8. The number of nitrogens with zero attached hydrogens (tertiary/aromatic N) is 6. The molecule has 0 amide bonds. The van der Waals surface area contributed by atoms with Gasteiger partial charge in [-0.25, -0.2) is 0 Å². The molecule has 1 saturated heterocycles. The minimum absolute atomic E-state index is 0.0821. The second-order valence-electron chi connectivity index (χ2n) is 5.12. The van der Waals surface area contributed by atoms with E-state index < -0.39 is 5.97 Å². The van der Waals surface area contributed by atoms with Crippen LogP contribution in [0.5, 0.6) is 0 Å². The quantitative estimate of drug-likeness (QED) is 0.610. The van der Waals surface area contributed by atoms with Gasteiger partial charge in [-0.1, -0.05) is 0 Å². The van der Waals surface area contributed by atoms with E-state index in [9.17, 15) is 4.79 Å². The number of hydrogen-bond acceptors (Lipinski definition) is 8. The fourth-order valence-corrected chi connectivity index (χ4v) is 5.52. The molecule has 1 fully saturated rings. The van der Waals surface area contributed by atoms with Gasteiger partial charge in [0.15, 0.2) is 0 Å². The summed E-state index contributed by atoms with van der Waals surface area (Å²) >= 11 is 1.04. The van der Waals surface area contributed by atoms with Crippen molar-refractivity contribution in [2.45, 2.75) is 0 Å². The summed E-state index contributed by atoms with van der Waals surface area (Å²) in [6.45, 7) is 2.99. The van der Waals surface area contributed by atoms with Crippen LogP contribution >= 0.6 is 11.3 Å². The minimum atomic E-state index is -0.794. The third-order valence-electron chi connectivity index (χ3n) is 3.51. The van der Waals surface area contributed by atoms with Crippen LogP contribution in [0.1, 0.15) is 4.88 Å². The molecule has 0 atom stereocenters. The fraction of sp³-hybridized carbons (Fsp3) is 0.357. The van der Waals surface area contributed by atoms with Gasteiger partial charge in [0.05, 0.1) is 0 Å². The topological polar surface area (TPSA) is 106 Å². The zero-order chi connectivity index (χ0) is 16.9. The number of anilines is 1. The molecule has 3 rings (SSSR count). The monoisotopic (exact) mass is 405 g/mol. The van der Waals surface area contributed by atoms with Gasteiger partial charge in [-0.2, -0.15) is 0 Å². The summed E-state index contributed by atoms with van der Waals surface area (Å²) in [6.07, 6.45) is 3.15. The molecule has 2 aromatic heterocycles. The number of thiazole rings is 1. The molecule has 123 valence electrons. The molecule has 1 N–H and O–H groups in total. The summed E-state index contributed by atoms with van der Waals surface area (Å²) in [5, 5.41) is 17.7. The van der Waals surface area contributed by atoms with Crippen LogP contribution in [0.15, 0.2) is 18.6 Å². The average molecular weight is 405 g/mol. The van der Waals surface area contributed by atoms with Crippen molar-refractivity contribution in [2.75, 3.05) is 37.6 Å². The summed E-state index contributed by atoms with van der Waals surface area (Å²) < 4.78 is 1.89. The molecule has 0 unspecified atom stereocenters. The Morgan fingerprint density at radius 1 is 1.33 bits per heavy atom. The Morgan fingerprint density at radius 3 is 2.79 bits per heavy atom. The van der Waals surface area contributed by atoms with Crippen molar-refractivity contribution in [3.63, 3.8) is 0 Å². The van der Waals surface area contributed by atoms with Gasteiger partial charge in [-0.3, -0.25) is 0 Å². The van der Waals surface area contributed by atoms with E-state index in [4.69, 9.17) is 10.4 Å². The van der Waals surface area contributed by atoms with Crippen LogP contribution in [0.4, 0.5) is 5.82 Å². The summed E-state index contributed by atoms with van der Waals surface area (Å²) in [7, 11) is 0. The van der Waals surface area contributed by atoms with Gasteiger partial charge in [0.1, 0.15) is 0 Å². The molecule has 1 aliphatic rings. The molecule has 3 heterocycles. The predicted molar refractivity (Wildman–Crippen MR) is 90.2 cm³/mol. The first-order valence-electron chi connectivity index (χ1n) is 7.23. The van der Waals surface area contributed by atoms with E-state index in [1.165, 1.54) is 11.3 Å². The Hall–Kier alpha value is -2.01. The molecule has 8 nitrogen and oxygen atoms in total. The van der Waals surface area contributed by atoms with E-state index in [0.29, 0.717) is 18.0 Å². The number of carboxylic acid groups (broad SMARTS) is 1. The number of rotatable bonds is 5. The zero-order valence-electron chi connectivity index (χ0n) is 12.7. The molecule has 0 bridgehead atoms.